The van der Waals surface area contributed by atoms with Crippen LogP contribution in [0.3, 0.4) is 0 Å². The predicted molar refractivity (Wildman–Crippen MR) is 90.1 cm³/mol. The first-order valence-electron chi connectivity index (χ1n) is 6.85. The van der Waals surface area contributed by atoms with E-state index in [0.717, 1.165) is 22.4 Å². The molecule has 0 aliphatic rings. The lowest BCUT2D eigenvalue weighted by Crippen LogP contribution is -2.11. The Morgan fingerprint density at radius 2 is 2.04 bits per heavy atom. The molecule has 0 bridgehead atoms. The van der Waals surface area contributed by atoms with E-state index >= 15 is 0 Å². The molecule has 3 heterocycles. The predicted octanol–water partition coefficient (Wildman–Crippen LogP) is 2.15. The number of rotatable bonds is 4. The maximum absolute atomic E-state index is 12.5. The highest BCUT2D eigenvalue weighted by Crippen LogP contribution is 2.28. The van der Waals surface area contributed by atoms with Crippen molar-refractivity contribution in [3.05, 3.63) is 34.5 Å². The van der Waals surface area contributed by atoms with E-state index in [1.165, 1.54) is 12.3 Å². The van der Waals surface area contributed by atoms with Gasteiger partial charge in [0.25, 0.3) is 10.0 Å². The van der Waals surface area contributed by atoms with Crippen LogP contribution < -0.4 is 4.72 Å². The van der Waals surface area contributed by atoms with Crippen molar-refractivity contribution >= 4 is 44.1 Å². The number of aromatic carboxylic acids is 1. The van der Waals surface area contributed by atoms with Gasteiger partial charge in [0.2, 0.25) is 0 Å². The van der Waals surface area contributed by atoms with Crippen molar-refractivity contribution in [2.24, 2.45) is 7.05 Å². The monoisotopic (exact) mass is 366 g/mol. The summed E-state index contributed by atoms with van der Waals surface area (Å²) in [6.45, 7) is 3.37. The first-order valence-corrected chi connectivity index (χ1v) is 9.15. The summed E-state index contributed by atoms with van der Waals surface area (Å²) in [7, 11) is -2.13. The van der Waals surface area contributed by atoms with Crippen molar-refractivity contribution in [3.8, 4) is 0 Å². The first-order chi connectivity index (χ1) is 11.2. The van der Waals surface area contributed by atoms with Crippen molar-refractivity contribution in [3.63, 3.8) is 0 Å². The number of nitrogens with zero attached hydrogens (tertiary/aromatic N) is 3. The Hall–Kier alpha value is -2.46. The molecular weight excluding hydrogens is 352 g/mol. The molecule has 126 valence electrons. The van der Waals surface area contributed by atoms with Gasteiger partial charge in [0.1, 0.15) is 9.09 Å². The Morgan fingerprint density at radius 1 is 1.33 bits per heavy atom. The summed E-state index contributed by atoms with van der Waals surface area (Å²) in [5, 5.41) is 14.0. The van der Waals surface area contributed by atoms with Crippen LogP contribution in [-0.2, 0) is 17.1 Å². The van der Waals surface area contributed by atoms with Crippen LogP contribution in [-0.4, -0.2) is 34.3 Å². The summed E-state index contributed by atoms with van der Waals surface area (Å²) >= 11 is 0.718. The van der Waals surface area contributed by atoms with E-state index in [4.69, 9.17) is 5.11 Å². The van der Waals surface area contributed by atoms with E-state index in [9.17, 15) is 13.2 Å². The molecule has 3 rings (SSSR count). The van der Waals surface area contributed by atoms with Crippen LogP contribution in [0.25, 0.3) is 11.0 Å². The lowest BCUT2D eigenvalue weighted by Gasteiger charge is -2.06. The second-order valence-corrected chi connectivity index (χ2v) is 8.25. The van der Waals surface area contributed by atoms with Gasteiger partial charge in [-0.2, -0.15) is 5.10 Å². The second-order valence-electron chi connectivity index (χ2n) is 5.29. The highest BCUT2D eigenvalue weighted by Gasteiger charge is 2.22. The lowest BCUT2D eigenvalue weighted by atomic mass is 10.3. The van der Waals surface area contributed by atoms with Gasteiger partial charge in [-0.3, -0.25) is 9.40 Å². The normalized spacial score (nSPS) is 11.8. The summed E-state index contributed by atoms with van der Waals surface area (Å²) in [4.78, 5) is 15.3. The number of aryl methyl sites for hydroxylation is 3. The van der Waals surface area contributed by atoms with Crippen LogP contribution in [0.2, 0.25) is 0 Å². The highest BCUT2D eigenvalue weighted by molar-refractivity contribution is 7.94. The van der Waals surface area contributed by atoms with E-state index in [-0.39, 0.29) is 9.09 Å². The number of anilines is 1. The molecule has 2 N–H and O–H groups in total. The fraction of sp³-hybridized carbons (Fsp3) is 0.214. The number of carbonyl (C=O) groups is 1. The zero-order valence-corrected chi connectivity index (χ0v) is 14.7. The number of hydrogen-bond donors (Lipinski definition) is 2. The van der Waals surface area contributed by atoms with E-state index < -0.39 is 16.0 Å². The number of hydrogen-bond acceptors (Lipinski definition) is 6. The van der Waals surface area contributed by atoms with E-state index in [1.807, 2.05) is 6.92 Å². The van der Waals surface area contributed by atoms with Crippen molar-refractivity contribution in [1.82, 2.24) is 14.8 Å². The Kier molecular flexibility index (Phi) is 3.80. The third-order valence-electron chi connectivity index (χ3n) is 3.47. The molecule has 0 unspecified atom stereocenters. The topological polar surface area (TPSA) is 114 Å². The SMILES string of the molecule is Cc1cc(S(=O)(=O)Nc2cnc3c(c2)c(C)nn3C)sc1C(=O)O. The Balaban J connectivity index is 1.99. The van der Waals surface area contributed by atoms with Gasteiger partial charge in [-0.25, -0.2) is 18.2 Å². The van der Waals surface area contributed by atoms with Crippen LogP contribution >= 0.6 is 11.3 Å². The molecule has 10 heteroatoms. The van der Waals surface area contributed by atoms with Gasteiger partial charge in [0.05, 0.1) is 17.6 Å². The van der Waals surface area contributed by atoms with E-state index in [1.54, 1.807) is 24.7 Å². The fourth-order valence-electron chi connectivity index (χ4n) is 2.37. The quantitative estimate of drug-likeness (QED) is 0.731. The zero-order chi connectivity index (χ0) is 17.6. The molecule has 0 saturated carbocycles. The number of sulfonamides is 1. The third kappa shape index (κ3) is 2.74. The van der Waals surface area contributed by atoms with Crippen LogP contribution in [0.5, 0.6) is 0 Å². The first kappa shape index (κ1) is 16.4. The van der Waals surface area contributed by atoms with Crippen molar-refractivity contribution in [1.29, 1.82) is 0 Å². The van der Waals surface area contributed by atoms with Crippen LogP contribution in [0.1, 0.15) is 20.9 Å². The van der Waals surface area contributed by atoms with E-state index in [0.29, 0.717) is 16.9 Å². The molecule has 0 aliphatic carbocycles. The summed E-state index contributed by atoms with van der Waals surface area (Å²) < 4.78 is 28.9. The molecule has 0 saturated heterocycles. The molecule has 0 spiro atoms. The maximum atomic E-state index is 12.5. The number of carboxylic acids is 1. The van der Waals surface area contributed by atoms with Crippen LogP contribution in [0.4, 0.5) is 5.69 Å². The molecule has 0 radical (unpaired) electrons. The summed E-state index contributed by atoms with van der Waals surface area (Å²) in [5.41, 5.74) is 2.09. The van der Waals surface area contributed by atoms with Crippen LogP contribution in [0, 0.1) is 13.8 Å². The average Bonchev–Trinajstić information content (AvgIpc) is 3.01. The third-order valence-corrected chi connectivity index (χ3v) is 6.55. The maximum Gasteiger partial charge on any atom is 0.346 e. The molecule has 3 aromatic rings. The molecule has 24 heavy (non-hydrogen) atoms. The molecule has 3 aromatic heterocycles. The minimum atomic E-state index is -3.89. The molecule has 0 atom stereocenters. The zero-order valence-electron chi connectivity index (χ0n) is 13.1. The molecule has 0 fully saturated rings. The van der Waals surface area contributed by atoms with Gasteiger partial charge in [0, 0.05) is 12.4 Å². The summed E-state index contributed by atoms with van der Waals surface area (Å²) in [6.07, 6.45) is 1.40. The van der Waals surface area contributed by atoms with Crippen molar-refractivity contribution < 1.29 is 18.3 Å². The Bertz CT molecular complexity index is 1070. The van der Waals surface area contributed by atoms with Gasteiger partial charge in [-0.15, -0.1) is 11.3 Å². The summed E-state index contributed by atoms with van der Waals surface area (Å²) in [5.74, 6) is -1.15. The number of thiophene rings is 1. The highest BCUT2D eigenvalue weighted by atomic mass is 32.2. The van der Waals surface area contributed by atoms with Crippen molar-refractivity contribution in [2.45, 2.75) is 18.1 Å². The molecule has 0 amide bonds. The molecule has 0 aliphatic heterocycles. The van der Waals surface area contributed by atoms with Gasteiger partial charge in [0.15, 0.2) is 5.65 Å². The number of pyridine rings is 1. The van der Waals surface area contributed by atoms with Gasteiger partial charge < -0.3 is 5.11 Å². The van der Waals surface area contributed by atoms with Gasteiger partial charge in [-0.05, 0) is 31.5 Å². The second kappa shape index (κ2) is 5.56. The van der Waals surface area contributed by atoms with Gasteiger partial charge in [-0.1, -0.05) is 0 Å². The minimum Gasteiger partial charge on any atom is -0.477 e. The number of nitrogens with one attached hydrogen (secondary N) is 1. The number of fused-ring (bicyclic) bond motifs is 1. The fourth-order valence-corrected chi connectivity index (χ4v) is 4.78. The minimum absolute atomic E-state index is 0.00653. The standard InChI is InChI=1S/C14H14N4O4S2/c1-7-4-11(23-12(7)14(19)20)24(21,22)17-9-5-10-8(2)16-18(3)13(10)15-6-9/h4-6,17H,1-3H3,(H,19,20). The van der Waals surface area contributed by atoms with Gasteiger partial charge >= 0.3 is 5.97 Å². The number of carboxylic acid groups (broad SMARTS) is 1. The smallest absolute Gasteiger partial charge is 0.346 e. The average molecular weight is 366 g/mol. The lowest BCUT2D eigenvalue weighted by molar-refractivity contribution is 0.0701. The molecule has 0 aromatic carbocycles. The molecular formula is C14H14N4O4S2. The molecule has 8 nitrogen and oxygen atoms in total. The van der Waals surface area contributed by atoms with Crippen LogP contribution in [0.15, 0.2) is 22.5 Å². The number of aromatic nitrogens is 3. The van der Waals surface area contributed by atoms with E-state index in [2.05, 4.69) is 14.8 Å². The largest absolute Gasteiger partial charge is 0.477 e. The Labute approximate surface area is 141 Å². The summed E-state index contributed by atoms with van der Waals surface area (Å²) in [6, 6.07) is 3.00. The van der Waals surface area contributed by atoms with Crippen molar-refractivity contribution in [2.75, 3.05) is 4.72 Å². The Morgan fingerprint density at radius 3 is 2.67 bits per heavy atom.